The Bertz CT molecular complexity index is 597. The lowest BCUT2D eigenvalue weighted by molar-refractivity contribution is 0.239. The standard InChI is InChI=1S/C18H22ClNO2/c1-13(2)22-18-9-6-16(19)10-15(18)12-20-11-14-4-7-17(21-3)8-5-14/h4-10,13,20H,11-12H2,1-3H3. The summed E-state index contributed by atoms with van der Waals surface area (Å²) in [4.78, 5) is 0. The fourth-order valence-electron chi connectivity index (χ4n) is 2.14. The third kappa shape index (κ3) is 4.93. The molecule has 0 fully saturated rings. The molecular formula is C18H22ClNO2. The lowest BCUT2D eigenvalue weighted by atomic mass is 10.1. The van der Waals surface area contributed by atoms with Gasteiger partial charge in [-0.25, -0.2) is 0 Å². The highest BCUT2D eigenvalue weighted by atomic mass is 35.5. The topological polar surface area (TPSA) is 30.5 Å². The lowest BCUT2D eigenvalue weighted by Gasteiger charge is -2.15. The van der Waals surface area contributed by atoms with Gasteiger partial charge in [-0.2, -0.15) is 0 Å². The van der Waals surface area contributed by atoms with E-state index in [9.17, 15) is 0 Å². The van der Waals surface area contributed by atoms with Gasteiger partial charge in [-0.1, -0.05) is 23.7 Å². The second-order valence-corrected chi connectivity index (χ2v) is 5.81. The number of rotatable bonds is 7. The minimum absolute atomic E-state index is 0.140. The summed E-state index contributed by atoms with van der Waals surface area (Å²) < 4.78 is 11.0. The quantitative estimate of drug-likeness (QED) is 0.819. The number of hydrogen-bond acceptors (Lipinski definition) is 3. The summed E-state index contributed by atoms with van der Waals surface area (Å²) in [6.07, 6.45) is 0.140. The number of benzene rings is 2. The Morgan fingerprint density at radius 2 is 1.77 bits per heavy atom. The highest BCUT2D eigenvalue weighted by molar-refractivity contribution is 6.30. The van der Waals surface area contributed by atoms with Crippen molar-refractivity contribution in [3.05, 3.63) is 58.6 Å². The molecule has 0 bridgehead atoms. The number of hydrogen-bond donors (Lipinski definition) is 1. The second-order valence-electron chi connectivity index (χ2n) is 5.37. The van der Waals surface area contributed by atoms with Crippen molar-refractivity contribution in [1.82, 2.24) is 5.32 Å². The number of methoxy groups -OCH3 is 1. The fourth-order valence-corrected chi connectivity index (χ4v) is 2.33. The van der Waals surface area contributed by atoms with Crippen LogP contribution < -0.4 is 14.8 Å². The van der Waals surface area contributed by atoms with Crippen LogP contribution in [0, 0.1) is 0 Å². The summed E-state index contributed by atoms with van der Waals surface area (Å²) >= 11 is 6.09. The Labute approximate surface area is 137 Å². The van der Waals surface area contributed by atoms with E-state index in [2.05, 4.69) is 17.4 Å². The molecular weight excluding hydrogens is 298 g/mol. The summed E-state index contributed by atoms with van der Waals surface area (Å²) in [6, 6.07) is 13.7. The third-order valence-corrected chi connectivity index (χ3v) is 3.42. The van der Waals surface area contributed by atoms with Gasteiger partial charge in [0.05, 0.1) is 13.2 Å². The Kier molecular flexibility index (Phi) is 6.10. The minimum Gasteiger partial charge on any atom is -0.497 e. The average molecular weight is 320 g/mol. The first-order valence-electron chi connectivity index (χ1n) is 7.37. The Morgan fingerprint density at radius 3 is 2.41 bits per heavy atom. The molecule has 0 radical (unpaired) electrons. The fraction of sp³-hybridized carbons (Fsp3) is 0.333. The van der Waals surface area contributed by atoms with E-state index < -0.39 is 0 Å². The maximum absolute atomic E-state index is 6.09. The third-order valence-electron chi connectivity index (χ3n) is 3.19. The summed E-state index contributed by atoms with van der Waals surface area (Å²) in [6.45, 7) is 5.51. The van der Waals surface area contributed by atoms with Crippen molar-refractivity contribution in [2.45, 2.75) is 33.0 Å². The molecule has 2 rings (SSSR count). The molecule has 0 aliphatic heterocycles. The molecule has 0 saturated carbocycles. The van der Waals surface area contributed by atoms with Crippen molar-refractivity contribution in [2.24, 2.45) is 0 Å². The van der Waals surface area contributed by atoms with Crippen LogP contribution in [0.5, 0.6) is 11.5 Å². The van der Waals surface area contributed by atoms with Crippen LogP contribution in [0.25, 0.3) is 0 Å². The first-order chi connectivity index (χ1) is 10.6. The van der Waals surface area contributed by atoms with Gasteiger partial charge >= 0.3 is 0 Å². The largest absolute Gasteiger partial charge is 0.497 e. The van der Waals surface area contributed by atoms with Gasteiger partial charge in [-0.3, -0.25) is 0 Å². The summed E-state index contributed by atoms with van der Waals surface area (Å²) in [5.74, 6) is 1.74. The average Bonchev–Trinajstić information content (AvgIpc) is 2.50. The highest BCUT2D eigenvalue weighted by Gasteiger charge is 2.06. The molecule has 2 aromatic rings. The maximum atomic E-state index is 6.09. The molecule has 2 aromatic carbocycles. The van der Waals surface area contributed by atoms with Gasteiger partial charge in [0.15, 0.2) is 0 Å². The minimum atomic E-state index is 0.140. The molecule has 22 heavy (non-hydrogen) atoms. The van der Waals surface area contributed by atoms with Gasteiger partial charge < -0.3 is 14.8 Å². The molecule has 0 unspecified atom stereocenters. The van der Waals surface area contributed by atoms with Crippen LogP contribution in [0.15, 0.2) is 42.5 Å². The zero-order valence-corrected chi connectivity index (χ0v) is 14.0. The van der Waals surface area contributed by atoms with Gasteiger partial charge in [0, 0.05) is 23.7 Å². The highest BCUT2D eigenvalue weighted by Crippen LogP contribution is 2.24. The Morgan fingerprint density at radius 1 is 1.05 bits per heavy atom. The zero-order valence-electron chi connectivity index (χ0n) is 13.2. The van der Waals surface area contributed by atoms with Crippen molar-refractivity contribution in [2.75, 3.05) is 7.11 Å². The van der Waals surface area contributed by atoms with Gasteiger partial charge in [0.2, 0.25) is 0 Å². The first kappa shape index (κ1) is 16.7. The zero-order chi connectivity index (χ0) is 15.9. The van der Waals surface area contributed by atoms with E-state index in [-0.39, 0.29) is 6.10 Å². The molecule has 1 N–H and O–H groups in total. The van der Waals surface area contributed by atoms with Gasteiger partial charge in [-0.15, -0.1) is 0 Å². The molecule has 0 heterocycles. The number of halogens is 1. The van der Waals surface area contributed by atoms with E-state index in [1.165, 1.54) is 5.56 Å². The monoisotopic (exact) mass is 319 g/mol. The van der Waals surface area contributed by atoms with E-state index >= 15 is 0 Å². The molecule has 0 aliphatic carbocycles. The maximum Gasteiger partial charge on any atom is 0.124 e. The van der Waals surface area contributed by atoms with E-state index in [0.29, 0.717) is 6.54 Å². The van der Waals surface area contributed by atoms with Crippen LogP contribution in [0.4, 0.5) is 0 Å². The normalized spacial score (nSPS) is 10.8. The van der Waals surface area contributed by atoms with Crippen LogP contribution in [0.1, 0.15) is 25.0 Å². The van der Waals surface area contributed by atoms with Gasteiger partial charge in [-0.05, 0) is 49.7 Å². The van der Waals surface area contributed by atoms with Crippen molar-refractivity contribution >= 4 is 11.6 Å². The summed E-state index contributed by atoms with van der Waals surface area (Å²) in [5, 5.41) is 4.14. The van der Waals surface area contributed by atoms with Crippen molar-refractivity contribution in [3.8, 4) is 11.5 Å². The predicted octanol–water partition coefficient (Wildman–Crippen LogP) is 4.43. The second kappa shape index (κ2) is 8.06. The van der Waals surface area contributed by atoms with Crippen LogP contribution in [0.2, 0.25) is 5.02 Å². The van der Waals surface area contributed by atoms with Crippen molar-refractivity contribution in [3.63, 3.8) is 0 Å². The van der Waals surface area contributed by atoms with Gasteiger partial charge in [0.1, 0.15) is 11.5 Å². The molecule has 3 nitrogen and oxygen atoms in total. The van der Waals surface area contributed by atoms with E-state index in [1.54, 1.807) is 7.11 Å². The molecule has 0 saturated heterocycles. The summed E-state index contributed by atoms with van der Waals surface area (Å²) in [5.41, 5.74) is 2.27. The van der Waals surface area contributed by atoms with Crippen LogP contribution in [0.3, 0.4) is 0 Å². The predicted molar refractivity (Wildman–Crippen MR) is 90.8 cm³/mol. The molecule has 0 spiro atoms. The number of nitrogens with one attached hydrogen (secondary N) is 1. The Hall–Kier alpha value is -1.71. The van der Waals surface area contributed by atoms with Gasteiger partial charge in [0.25, 0.3) is 0 Å². The SMILES string of the molecule is COc1ccc(CNCc2cc(Cl)ccc2OC(C)C)cc1. The first-order valence-corrected chi connectivity index (χ1v) is 7.75. The van der Waals surface area contributed by atoms with Crippen LogP contribution in [-0.4, -0.2) is 13.2 Å². The van der Waals surface area contributed by atoms with E-state index in [4.69, 9.17) is 21.1 Å². The molecule has 4 heteroatoms. The molecule has 0 atom stereocenters. The van der Waals surface area contributed by atoms with Crippen molar-refractivity contribution in [1.29, 1.82) is 0 Å². The number of ether oxygens (including phenoxy) is 2. The lowest BCUT2D eigenvalue weighted by Crippen LogP contribution is -2.15. The van der Waals surface area contributed by atoms with Crippen LogP contribution in [-0.2, 0) is 13.1 Å². The smallest absolute Gasteiger partial charge is 0.124 e. The summed E-state index contributed by atoms with van der Waals surface area (Å²) in [7, 11) is 1.67. The molecule has 0 aliphatic rings. The molecule has 118 valence electrons. The van der Waals surface area contributed by atoms with Crippen molar-refractivity contribution < 1.29 is 9.47 Å². The molecule has 0 amide bonds. The van der Waals surface area contributed by atoms with E-state index in [0.717, 1.165) is 28.6 Å². The van der Waals surface area contributed by atoms with E-state index in [1.807, 2.05) is 44.2 Å². The van der Waals surface area contributed by atoms with Crippen LogP contribution >= 0.6 is 11.6 Å². The Balaban J connectivity index is 1.96. The molecule has 0 aromatic heterocycles.